The number of carbonyl (C=O) groups is 2. The molecule has 0 unspecified atom stereocenters. The average molecular weight is 446 g/mol. The molecule has 0 saturated heterocycles. The number of hydrogen-bond acceptors (Lipinski definition) is 5. The van der Waals surface area contributed by atoms with Crippen molar-refractivity contribution in [1.29, 1.82) is 0 Å². The quantitative estimate of drug-likeness (QED) is 0.204. The molecule has 4 rings (SSSR count). The van der Waals surface area contributed by atoms with Crippen molar-refractivity contribution in [3.8, 4) is 0 Å². The van der Waals surface area contributed by atoms with Gasteiger partial charge in [0.2, 0.25) is 5.78 Å². The van der Waals surface area contributed by atoms with E-state index < -0.39 is 21.7 Å². The maximum Gasteiger partial charge on any atom is 0.268 e. The molecule has 0 aliphatic heterocycles. The summed E-state index contributed by atoms with van der Waals surface area (Å²) in [6, 6.07) is 22.8. The number of aromatic nitrogens is 1. The van der Waals surface area contributed by atoms with Crippen molar-refractivity contribution >= 4 is 38.7 Å². The van der Waals surface area contributed by atoms with Crippen LogP contribution in [0.1, 0.15) is 21.6 Å². The predicted molar refractivity (Wildman–Crippen MR) is 120 cm³/mol. The van der Waals surface area contributed by atoms with Crippen LogP contribution < -0.4 is 5.48 Å². The van der Waals surface area contributed by atoms with Crippen LogP contribution in [0.3, 0.4) is 0 Å². The Balaban J connectivity index is 1.80. The number of amides is 1. The lowest BCUT2D eigenvalue weighted by Gasteiger charge is -2.11. The summed E-state index contributed by atoms with van der Waals surface area (Å²) in [5.41, 5.74) is 2.85. The molecule has 0 aliphatic carbocycles. The van der Waals surface area contributed by atoms with E-state index in [1.807, 2.05) is 0 Å². The van der Waals surface area contributed by atoms with E-state index in [1.165, 1.54) is 23.7 Å². The molecular weight excluding hydrogens is 428 g/mol. The van der Waals surface area contributed by atoms with E-state index in [2.05, 4.69) is 0 Å². The van der Waals surface area contributed by atoms with Crippen LogP contribution in [-0.4, -0.2) is 29.3 Å². The molecule has 3 aromatic carbocycles. The van der Waals surface area contributed by atoms with Crippen molar-refractivity contribution in [3.63, 3.8) is 0 Å². The van der Waals surface area contributed by atoms with Crippen LogP contribution in [0.15, 0.2) is 95.9 Å². The van der Waals surface area contributed by atoms with Crippen LogP contribution in [0.2, 0.25) is 0 Å². The number of rotatable bonds is 6. The molecule has 2 N–H and O–H groups in total. The molecule has 0 aliphatic rings. The van der Waals surface area contributed by atoms with Gasteiger partial charge in [-0.3, -0.25) is 14.8 Å². The van der Waals surface area contributed by atoms with E-state index in [0.717, 1.165) is 10.0 Å². The Bertz CT molecular complexity index is 1440. The van der Waals surface area contributed by atoms with Crippen LogP contribution in [0.5, 0.6) is 0 Å². The molecule has 0 saturated carbocycles. The van der Waals surface area contributed by atoms with Crippen LogP contribution in [0, 0.1) is 0 Å². The topological polar surface area (TPSA) is 105 Å². The zero-order valence-corrected chi connectivity index (χ0v) is 17.5. The second-order valence-electron chi connectivity index (χ2n) is 6.93. The summed E-state index contributed by atoms with van der Waals surface area (Å²) in [6.45, 7) is 0. The Labute approximate surface area is 184 Å². The second-order valence-corrected chi connectivity index (χ2v) is 8.72. The Morgan fingerprint density at radius 1 is 0.875 bits per heavy atom. The number of benzene rings is 3. The normalized spacial score (nSPS) is 11.7. The lowest BCUT2D eigenvalue weighted by Crippen LogP contribution is -2.19. The van der Waals surface area contributed by atoms with Gasteiger partial charge in [0.05, 0.1) is 10.4 Å². The Hall–Kier alpha value is -4.01. The van der Waals surface area contributed by atoms with Crippen LogP contribution >= 0.6 is 0 Å². The molecule has 0 radical (unpaired) electrons. The fourth-order valence-electron chi connectivity index (χ4n) is 3.35. The highest BCUT2D eigenvalue weighted by molar-refractivity contribution is 7.90. The summed E-state index contributed by atoms with van der Waals surface area (Å²) < 4.78 is 28.0. The number of carbonyl (C=O) groups excluding carboxylic acids is 2. The molecule has 0 bridgehead atoms. The number of nitrogens with one attached hydrogen (secondary N) is 1. The molecule has 0 fully saturated rings. The van der Waals surface area contributed by atoms with Gasteiger partial charge >= 0.3 is 0 Å². The molecular formula is C24H18N2O5S. The average Bonchev–Trinajstić information content (AvgIpc) is 3.23. The molecule has 1 aromatic heterocycles. The summed E-state index contributed by atoms with van der Waals surface area (Å²) >= 11 is 0. The van der Waals surface area contributed by atoms with Crippen molar-refractivity contribution in [2.75, 3.05) is 0 Å². The van der Waals surface area contributed by atoms with Gasteiger partial charge in [-0.05, 0) is 35.9 Å². The van der Waals surface area contributed by atoms with Gasteiger partial charge in [0.1, 0.15) is 5.69 Å². The number of fused-ring (bicyclic) bond motifs is 1. The molecule has 1 heterocycles. The van der Waals surface area contributed by atoms with Gasteiger partial charge in [-0.1, -0.05) is 60.7 Å². The maximum absolute atomic E-state index is 13.4. The zero-order chi connectivity index (χ0) is 22.7. The Morgan fingerprint density at radius 2 is 1.53 bits per heavy atom. The van der Waals surface area contributed by atoms with Gasteiger partial charge < -0.3 is 0 Å². The predicted octanol–water partition coefficient (Wildman–Crippen LogP) is 3.63. The minimum atomic E-state index is -4.02. The van der Waals surface area contributed by atoms with Crippen molar-refractivity contribution in [2.45, 2.75) is 4.90 Å². The standard InChI is InChI=1S/C24H18N2O5S/c27-23(25-29)15-12-17-10-13-18(14-11-17)24(28)22-16-19-6-4-5-9-21(19)26(22)32(30,31)20-7-2-1-3-8-20/h1-16,29H,(H,25,27)/b15-12+. The van der Waals surface area contributed by atoms with Gasteiger partial charge in [-0.25, -0.2) is 17.9 Å². The van der Waals surface area contributed by atoms with E-state index in [0.29, 0.717) is 22.0 Å². The van der Waals surface area contributed by atoms with E-state index >= 15 is 0 Å². The summed E-state index contributed by atoms with van der Waals surface area (Å²) in [5, 5.41) is 9.17. The third-order valence-corrected chi connectivity index (χ3v) is 6.63. The number of hydroxylamine groups is 1. The molecule has 0 spiro atoms. The molecule has 32 heavy (non-hydrogen) atoms. The van der Waals surface area contributed by atoms with E-state index in [4.69, 9.17) is 5.21 Å². The Morgan fingerprint density at radius 3 is 2.22 bits per heavy atom. The van der Waals surface area contributed by atoms with Gasteiger partial charge in [-0.15, -0.1) is 0 Å². The van der Waals surface area contributed by atoms with Crippen LogP contribution in [0.25, 0.3) is 17.0 Å². The molecule has 4 aromatic rings. The fraction of sp³-hybridized carbons (Fsp3) is 0. The third kappa shape index (κ3) is 3.96. The lowest BCUT2D eigenvalue weighted by atomic mass is 10.1. The first-order valence-corrected chi connectivity index (χ1v) is 11.0. The highest BCUT2D eigenvalue weighted by Crippen LogP contribution is 2.27. The van der Waals surface area contributed by atoms with E-state index in [-0.39, 0.29) is 10.6 Å². The SMILES string of the molecule is O=C(/C=C/c1ccc(C(=O)c2cc3ccccc3n2S(=O)(=O)c2ccccc2)cc1)NO. The van der Waals surface area contributed by atoms with Gasteiger partial charge in [0, 0.05) is 17.0 Å². The molecule has 7 nitrogen and oxygen atoms in total. The number of hydrogen-bond donors (Lipinski definition) is 2. The first-order chi connectivity index (χ1) is 15.4. The first-order valence-electron chi connectivity index (χ1n) is 9.60. The van der Waals surface area contributed by atoms with E-state index in [1.54, 1.807) is 72.8 Å². The highest BCUT2D eigenvalue weighted by Gasteiger charge is 2.26. The summed E-state index contributed by atoms with van der Waals surface area (Å²) in [6.07, 6.45) is 2.61. The Kier molecular flexibility index (Phi) is 5.72. The van der Waals surface area contributed by atoms with Crippen LogP contribution in [-0.2, 0) is 14.8 Å². The molecule has 1 amide bonds. The number of ketones is 1. The minimum Gasteiger partial charge on any atom is -0.288 e. The van der Waals surface area contributed by atoms with Crippen molar-refractivity contribution in [3.05, 3.63) is 108 Å². The minimum absolute atomic E-state index is 0.0259. The maximum atomic E-state index is 13.4. The number of para-hydroxylation sites is 1. The summed E-state index contributed by atoms with van der Waals surface area (Å²) in [5.74, 6) is -1.13. The highest BCUT2D eigenvalue weighted by atomic mass is 32.2. The van der Waals surface area contributed by atoms with Crippen molar-refractivity contribution in [2.24, 2.45) is 0 Å². The van der Waals surface area contributed by atoms with Gasteiger partial charge in [-0.2, -0.15) is 0 Å². The number of nitrogens with zero attached hydrogens (tertiary/aromatic N) is 1. The van der Waals surface area contributed by atoms with Crippen molar-refractivity contribution in [1.82, 2.24) is 9.45 Å². The monoisotopic (exact) mass is 446 g/mol. The summed E-state index contributed by atoms with van der Waals surface area (Å²) in [7, 11) is -4.02. The molecule has 0 atom stereocenters. The second kappa shape index (κ2) is 8.62. The first kappa shape index (κ1) is 21.2. The van der Waals surface area contributed by atoms with Gasteiger partial charge in [0.15, 0.2) is 0 Å². The smallest absolute Gasteiger partial charge is 0.268 e. The largest absolute Gasteiger partial charge is 0.288 e. The molecule has 160 valence electrons. The molecule has 8 heteroatoms. The summed E-state index contributed by atoms with van der Waals surface area (Å²) in [4.78, 5) is 24.5. The fourth-order valence-corrected chi connectivity index (χ4v) is 4.88. The zero-order valence-electron chi connectivity index (χ0n) is 16.7. The van der Waals surface area contributed by atoms with Crippen LogP contribution in [0.4, 0.5) is 0 Å². The lowest BCUT2D eigenvalue weighted by molar-refractivity contribution is -0.124. The third-order valence-electron chi connectivity index (χ3n) is 4.89. The van der Waals surface area contributed by atoms with Crippen molar-refractivity contribution < 1.29 is 23.2 Å². The van der Waals surface area contributed by atoms with Gasteiger partial charge in [0.25, 0.3) is 15.9 Å². The van der Waals surface area contributed by atoms with E-state index in [9.17, 15) is 18.0 Å².